The van der Waals surface area contributed by atoms with Gasteiger partial charge < -0.3 is 20.3 Å². The number of nitrogens with one attached hydrogen (secondary N) is 2. The van der Waals surface area contributed by atoms with Gasteiger partial charge in [0.25, 0.3) is 0 Å². The zero-order valence-electron chi connectivity index (χ0n) is 22.9. The summed E-state index contributed by atoms with van der Waals surface area (Å²) in [5.41, 5.74) is 1.18. The van der Waals surface area contributed by atoms with E-state index in [1.807, 2.05) is 44.4 Å². The number of hydrogen-bond donors (Lipinski definition) is 2. The van der Waals surface area contributed by atoms with Crippen LogP contribution in [0.2, 0.25) is 0 Å². The van der Waals surface area contributed by atoms with Gasteiger partial charge in [0, 0.05) is 12.6 Å². The number of nitrogens with zero attached hydrogens (tertiary/aromatic N) is 1. The Balaban J connectivity index is 2.38. The highest BCUT2D eigenvalue weighted by molar-refractivity contribution is 7.98. The highest BCUT2D eigenvalue weighted by Crippen LogP contribution is 2.26. The lowest BCUT2D eigenvalue weighted by atomic mass is 9.94. The third-order valence-corrected chi connectivity index (χ3v) is 6.90. The Kier molecular flexibility index (Phi) is 12.1. The van der Waals surface area contributed by atoms with E-state index in [-0.39, 0.29) is 17.9 Å². The molecule has 2 atom stereocenters. The Bertz CT molecular complexity index is 847. The highest BCUT2D eigenvalue weighted by Gasteiger charge is 2.36. The minimum absolute atomic E-state index is 0.130. The Labute approximate surface area is 221 Å². The maximum atomic E-state index is 14.0. The predicted molar refractivity (Wildman–Crippen MR) is 147 cm³/mol. The molecule has 0 spiro atoms. The predicted octanol–water partition coefficient (Wildman–Crippen LogP) is 5.37. The van der Waals surface area contributed by atoms with Gasteiger partial charge >= 0.3 is 6.09 Å². The number of carbonyl (C=O) groups is 3. The number of ether oxygens (including phenoxy) is 1. The number of benzene rings is 1. The smallest absolute Gasteiger partial charge is 0.408 e. The molecule has 0 aliphatic heterocycles. The van der Waals surface area contributed by atoms with Crippen LogP contribution >= 0.6 is 11.8 Å². The quantitative estimate of drug-likeness (QED) is 0.410. The fraction of sp³-hybridized carbons (Fsp3) is 0.679. The third kappa shape index (κ3) is 9.68. The molecule has 1 fully saturated rings. The van der Waals surface area contributed by atoms with Gasteiger partial charge in [-0.05, 0) is 71.0 Å². The molecule has 7 nitrogen and oxygen atoms in total. The van der Waals surface area contributed by atoms with Crippen molar-refractivity contribution in [1.82, 2.24) is 15.5 Å². The van der Waals surface area contributed by atoms with Crippen molar-refractivity contribution >= 4 is 29.7 Å². The Hall–Kier alpha value is -2.22. The fourth-order valence-corrected chi connectivity index (χ4v) is 4.97. The molecule has 1 saturated carbocycles. The van der Waals surface area contributed by atoms with Crippen LogP contribution in [0.3, 0.4) is 0 Å². The van der Waals surface area contributed by atoms with Gasteiger partial charge in [-0.1, -0.05) is 56.0 Å². The lowest BCUT2D eigenvalue weighted by Crippen LogP contribution is -2.54. The number of aryl methyl sites for hydroxylation is 1. The van der Waals surface area contributed by atoms with E-state index in [2.05, 4.69) is 10.6 Å². The minimum atomic E-state index is -0.783. The number of thioether (sulfide) groups is 1. The van der Waals surface area contributed by atoms with E-state index in [1.54, 1.807) is 37.4 Å². The molecule has 0 heterocycles. The van der Waals surface area contributed by atoms with E-state index < -0.39 is 23.8 Å². The van der Waals surface area contributed by atoms with Crippen molar-refractivity contribution in [3.05, 3.63) is 35.4 Å². The normalized spacial score (nSPS) is 16.1. The maximum absolute atomic E-state index is 14.0. The summed E-state index contributed by atoms with van der Waals surface area (Å²) in [6, 6.07) is 6.36. The zero-order chi connectivity index (χ0) is 26.7. The van der Waals surface area contributed by atoms with Gasteiger partial charge in [-0.2, -0.15) is 11.8 Å². The number of rotatable bonds is 11. The van der Waals surface area contributed by atoms with Crippen LogP contribution in [-0.4, -0.2) is 59.0 Å². The van der Waals surface area contributed by atoms with Crippen LogP contribution in [0.5, 0.6) is 0 Å². The molecule has 1 aliphatic carbocycles. The zero-order valence-corrected chi connectivity index (χ0v) is 23.7. The standard InChI is InChI=1S/C28H45N3O4S/c1-7-18-31(26(33)23(17-19-36-6)30-27(34)35-28(3,4)5)24(21-15-13-20(2)14-16-21)25(32)29-22-11-9-8-10-12-22/h13-16,22-24H,7-12,17-19H2,1-6H3,(H,29,32)(H,30,34). The third-order valence-electron chi connectivity index (χ3n) is 6.25. The first-order valence-electron chi connectivity index (χ1n) is 13.2. The van der Waals surface area contributed by atoms with Gasteiger partial charge in [0.1, 0.15) is 17.7 Å². The van der Waals surface area contributed by atoms with Gasteiger partial charge in [0.05, 0.1) is 0 Å². The van der Waals surface area contributed by atoms with Gasteiger partial charge in [-0.15, -0.1) is 0 Å². The van der Waals surface area contributed by atoms with E-state index in [4.69, 9.17) is 4.74 Å². The molecule has 8 heteroatoms. The van der Waals surface area contributed by atoms with E-state index in [0.29, 0.717) is 25.1 Å². The summed E-state index contributed by atoms with van der Waals surface area (Å²) in [5, 5.41) is 6.02. The van der Waals surface area contributed by atoms with Crippen molar-refractivity contribution in [2.45, 2.75) is 103 Å². The van der Waals surface area contributed by atoms with Crippen LogP contribution in [0.4, 0.5) is 4.79 Å². The average molecular weight is 520 g/mol. The molecule has 2 N–H and O–H groups in total. The lowest BCUT2D eigenvalue weighted by Gasteiger charge is -2.35. The van der Waals surface area contributed by atoms with Crippen molar-refractivity contribution < 1.29 is 19.1 Å². The Morgan fingerprint density at radius 3 is 2.31 bits per heavy atom. The molecular formula is C28H45N3O4S. The van der Waals surface area contributed by atoms with E-state index >= 15 is 0 Å². The molecule has 3 amide bonds. The van der Waals surface area contributed by atoms with E-state index in [1.165, 1.54) is 6.42 Å². The van der Waals surface area contributed by atoms with Gasteiger partial charge in [-0.3, -0.25) is 9.59 Å². The van der Waals surface area contributed by atoms with Crippen molar-refractivity contribution in [2.75, 3.05) is 18.6 Å². The Morgan fingerprint density at radius 2 is 1.75 bits per heavy atom. The maximum Gasteiger partial charge on any atom is 0.408 e. The second-order valence-corrected chi connectivity index (χ2v) is 11.7. The monoisotopic (exact) mass is 519 g/mol. The molecule has 202 valence electrons. The largest absolute Gasteiger partial charge is 0.444 e. The van der Waals surface area contributed by atoms with Crippen LogP contribution in [-0.2, 0) is 14.3 Å². The summed E-state index contributed by atoms with van der Waals surface area (Å²) in [6.07, 6.45) is 7.80. The molecule has 2 unspecified atom stereocenters. The number of hydrogen-bond acceptors (Lipinski definition) is 5. The van der Waals surface area contributed by atoms with E-state index in [0.717, 1.165) is 36.8 Å². The van der Waals surface area contributed by atoms with Gasteiger partial charge in [0.2, 0.25) is 11.8 Å². The van der Waals surface area contributed by atoms with Crippen molar-refractivity contribution in [3.8, 4) is 0 Å². The Morgan fingerprint density at radius 1 is 1.11 bits per heavy atom. The summed E-state index contributed by atoms with van der Waals surface area (Å²) < 4.78 is 5.44. The summed E-state index contributed by atoms with van der Waals surface area (Å²) in [7, 11) is 0. The molecule has 1 aliphatic rings. The SMILES string of the molecule is CCCN(C(=O)C(CCSC)NC(=O)OC(C)(C)C)C(C(=O)NC1CCCCC1)c1ccc(C)cc1. The molecular weight excluding hydrogens is 474 g/mol. The summed E-state index contributed by atoms with van der Waals surface area (Å²) in [6.45, 7) is 9.76. The number of alkyl carbamates (subject to hydrolysis) is 1. The topological polar surface area (TPSA) is 87.7 Å². The highest BCUT2D eigenvalue weighted by atomic mass is 32.2. The average Bonchev–Trinajstić information content (AvgIpc) is 2.81. The molecule has 1 aromatic rings. The first kappa shape index (κ1) is 30.0. The van der Waals surface area contributed by atoms with Crippen LogP contribution in [0.15, 0.2) is 24.3 Å². The van der Waals surface area contributed by atoms with Gasteiger partial charge in [0.15, 0.2) is 0 Å². The lowest BCUT2D eigenvalue weighted by molar-refractivity contribution is -0.143. The summed E-state index contributed by atoms with van der Waals surface area (Å²) in [5.74, 6) is 0.268. The van der Waals surface area contributed by atoms with Crippen LogP contribution in [0, 0.1) is 6.92 Å². The molecule has 0 aromatic heterocycles. The van der Waals surface area contributed by atoms with Crippen molar-refractivity contribution in [2.24, 2.45) is 0 Å². The van der Waals surface area contributed by atoms with Crippen LogP contribution in [0.1, 0.15) is 89.8 Å². The molecule has 1 aromatic carbocycles. The summed E-state index contributed by atoms with van der Waals surface area (Å²) >= 11 is 1.61. The minimum Gasteiger partial charge on any atom is -0.444 e. The summed E-state index contributed by atoms with van der Waals surface area (Å²) in [4.78, 5) is 42.0. The molecule has 0 bridgehead atoms. The van der Waals surface area contributed by atoms with Crippen molar-refractivity contribution in [1.29, 1.82) is 0 Å². The molecule has 36 heavy (non-hydrogen) atoms. The second kappa shape index (κ2) is 14.5. The van der Waals surface area contributed by atoms with Crippen LogP contribution in [0.25, 0.3) is 0 Å². The second-order valence-electron chi connectivity index (χ2n) is 10.7. The van der Waals surface area contributed by atoms with Gasteiger partial charge in [-0.25, -0.2) is 4.79 Å². The van der Waals surface area contributed by atoms with Crippen molar-refractivity contribution in [3.63, 3.8) is 0 Å². The first-order chi connectivity index (χ1) is 17.1. The van der Waals surface area contributed by atoms with Crippen LogP contribution < -0.4 is 10.6 Å². The van der Waals surface area contributed by atoms with E-state index in [9.17, 15) is 14.4 Å². The molecule has 0 saturated heterocycles. The molecule has 2 rings (SSSR count). The number of carbonyl (C=O) groups excluding carboxylic acids is 3. The first-order valence-corrected chi connectivity index (χ1v) is 14.6. The fourth-order valence-electron chi connectivity index (χ4n) is 4.50. The number of amides is 3. The molecule has 0 radical (unpaired) electrons.